The zero-order valence-electron chi connectivity index (χ0n) is 8.01. The van der Waals surface area contributed by atoms with Crippen LogP contribution in [0.3, 0.4) is 0 Å². The van der Waals surface area contributed by atoms with Crippen molar-refractivity contribution in [1.29, 1.82) is 0 Å². The summed E-state index contributed by atoms with van der Waals surface area (Å²) in [5.74, 6) is 0. The third kappa shape index (κ3) is 2.79. The fourth-order valence-corrected chi connectivity index (χ4v) is 1.96. The minimum atomic E-state index is -3.53. The van der Waals surface area contributed by atoms with E-state index in [9.17, 15) is 8.42 Å². The normalized spacial score (nSPS) is 14.2. The molecule has 14 heavy (non-hydrogen) atoms. The van der Waals surface area contributed by atoms with Crippen molar-refractivity contribution in [3.63, 3.8) is 0 Å². The molecular formula is C7H13N3O3S. The number of rotatable bonds is 4. The van der Waals surface area contributed by atoms with Crippen LogP contribution >= 0.6 is 0 Å². The average Bonchev–Trinajstić information content (AvgIpc) is 2.49. The zero-order chi connectivity index (χ0) is 10.8. The van der Waals surface area contributed by atoms with Gasteiger partial charge in [0.1, 0.15) is 4.90 Å². The van der Waals surface area contributed by atoms with Gasteiger partial charge in [-0.05, 0) is 6.92 Å². The standard InChI is InChI=1S/C7H13N3O3S/c1-6(11)3-9-14(12,13)7-4-8-10(2)5-7/h4-6,9,11H,3H2,1-2H3. The Kier molecular flexibility index (Phi) is 3.25. The number of hydrogen-bond acceptors (Lipinski definition) is 4. The van der Waals surface area contributed by atoms with Gasteiger partial charge in [0.05, 0.1) is 12.3 Å². The Labute approximate surface area is 82.6 Å². The van der Waals surface area contributed by atoms with Crippen molar-refractivity contribution in [2.24, 2.45) is 7.05 Å². The molecule has 2 N–H and O–H groups in total. The first kappa shape index (κ1) is 11.2. The molecule has 0 radical (unpaired) electrons. The van der Waals surface area contributed by atoms with E-state index in [0.717, 1.165) is 0 Å². The molecule has 1 atom stereocenters. The molecule has 0 aromatic carbocycles. The highest BCUT2D eigenvalue weighted by molar-refractivity contribution is 7.89. The highest BCUT2D eigenvalue weighted by atomic mass is 32.2. The highest BCUT2D eigenvalue weighted by Crippen LogP contribution is 2.05. The lowest BCUT2D eigenvalue weighted by molar-refractivity contribution is 0.198. The molecular weight excluding hydrogens is 206 g/mol. The molecule has 0 aliphatic carbocycles. The minimum absolute atomic E-state index is 0.00275. The Morgan fingerprint density at radius 3 is 2.79 bits per heavy atom. The van der Waals surface area contributed by atoms with E-state index in [2.05, 4.69) is 9.82 Å². The van der Waals surface area contributed by atoms with E-state index < -0.39 is 16.1 Å². The summed E-state index contributed by atoms with van der Waals surface area (Å²) in [6, 6.07) is 0. The summed E-state index contributed by atoms with van der Waals surface area (Å²) >= 11 is 0. The van der Waals surface area contributed by atoms with Gasteiger partial charge in [0.15, 0.2) is 0 Å². The predicted molar refractivity (Wildman–Crippen MR) is 50.1 cm³/mol. The summed E-state index contributed by atoms with van der Waals surface area (Å²) in [6.07, 6.45) is 1.94. The molecule has 0 aliphatic heterocycles. The maximum atomic E-state index is 11.5. The largest absolute Gasteiger partial charge is 0.392 e. The van der Waals surface area contributed by atoms with E-state index in [-0.39, 0.29) is 11.4 Å². The van der Waals surface area contributed by atoms with Gasteiger partial charge in [-0.2, -0.15) is 5.10 Å². The lowest BCUT2D eigenvalue weighted by Gasteiger charge is -2.05. The lowest BCUT2D eigenvalue weighted by atomic mass is 10.4. The molecule has 0 saturated heterocycles. The Morgan fingerprint density at radius 2 is 2.36 bits per heavy atom. The Hall–Kier alpha value is -0.920. The van der Waals surface area contributed by atoms with Crippen LogP contribution in [0, 0.1) is 0 Å². The molecule has 1 rings (SSSR count). The number of nitrogens with one attached hydrogen (secondary N) is 1. The van der Waals surface area contributed by atoms with Gasteiger partial charge in [-0.25, -0.2) is 13.1 Å². The van der Waals surface area contributed by atoms with Gasteiger partial charge < -0.3 is 5.11 Å². The van der Waals surface area contributed by atoms with Gasteiger partial charge in [-0.15, -0.1) is 0 Å². The van der Waals surface area contributed by atoms with Crippen LogP contribution in [0.25, 0.3) is 0 Å². The van der Waals surface area contributed by atoms with Gasteiger partial charge in [0.2, 0.25) is 10.0 Å². The van der Waals surface area contributed by atoms with Gasteiger partial charge in [-0.1, -0.05) is 0 Å². The van der Waals surface area contributed by atoms with Crippen LogP contribution in [0.1, 0.15) is 6.92 Å². The molecule has 0 aliphatic rings. The van der Waals surface area contributed by atoms with Gasteiger partial charge >= 0.3 is 0 Å². The average molecular weight is 219 g/mol. The van der Waals surface area contributed by atoms with Crippen molar-refractivity contribution < 1.29 is 13.5 Å². The van der Waals surface area contributed by atoms with Gasteiger partial charge in [0, 0.05) is 19.8 Å². The number of sulfonamides is 1. The van der Waals surface area contributed by atoms with Crippen LogP contribution in [0.2, 0.25) is 0 Å². The van der Waals surface area contributed by atoms with Crippen LogP contribution in [0.15, 0.2) is 17.3 Å². The maximum absolute atomic E-state index is 11.5. The summed E-state index contributed by atoms with van der Waals surface area (Å²) in [4.78, 5) is 0.0978. The Morgan fingerprint density at radius 1 is 1.71 bits per heavy atom. The van der Waals surface area contributed by atoms with E-state index in [1.54, 1.807) is 7.05 Å². The first-order valence-corrected chi connectivity index (χ1v) is 5.56. The number of aliphatic hydroxyl groups excluding tert-OH is 1. The van der Waals surface area contributed by atoms with Crippen molar-refractivity contribution in [3.05, 3.63) is 12.4 Å². The van der Waals surface area contributed by atoms with E-state index in [1.165, 1.54) is 24.0 Å². The van der Waals surface area contributed by atoms with Crippen molar-refractivity contribution >= 4 is 10.0 Å². The summed E-state index contributed by atoms with van der Waals surface area (Å²) in [7, 11) is -1.90. The summed E-state index contributed by atoms with van der Waals surface area (Å²) in [5, 5.41) is 12.7. The number of aryl methyl sites for hydroxylation is 1. The molecule has 1 aromatic heterocycles. The van der Waals surface area contributed by atoms with E-state index in [1.807, 2.05) is 0 Å². The molecule has 0 bridgehead atoms. The third-order valence-corrected chi connectivity index (χ3v) is 2.94. The molecule has 0 saturated carbocycles. The second-order valence-corrected chi connectivity index (χ2v) is 4.82. The number of nitrogens with zero attached hydrogens (tertiary/aromatic N) is 2. The third-order valence-electron chi connectivity index (χ3n) is 1.56. The van der Waals surface area contributed by atoms with Crippen molar-refractivity contribution in [1.82, 2.24) is 14.5 Å². The van der Waals surface area contributed by atoms with Gasteiger partial charge in [-0.3, -0.25) is 4.68 Å². The SMILES string of the molecule is CC(O)CNS(=O)(=O)c1cnn(C)c1. The van der Waals surface area contributed by atoms with Crippen molar-refractivity contribution in [3.8, 4) is 0 Å². The monoisotopic (exact) mass is 219 g/mol. The lowest BCUT2D eigenvalue weighted by Crippen LogP contribution is -2.30. The maximum Gasteiger partial charge on any atom is 0.243 e. The smallest absolute Gasteiger partial charge is 0.243 e. The molecule has 0 amide bonds. The second-order valence-electron chi connectivity index (χ2n) is 3.05. The van der Waals surface area contributed by atoms with Crippen LogP contribution in [-0.2, 0) is 17.1 Å². The van der Waals surface area contributed by atoms with E-state index in [0.29, 0.717) is 0 Å². The second kappa shape index (κ2) is 4.07. The topological polar surface area (TPSA) is 84.2 Å². The first-order valence-electron chi connectivity index (χ1n) is 4.08. The predicted octanol–water partition coefficient (Wildman–Crippen LogP) is -0.921. The fraction of sp³-hybridized carbons (Fsp3) is 0.571. The van der Waals surface area contributed by atoms with Crippen LogP contribution in [0.4, 0.5) is 0 Å². The number of hydrogen-bond donors (Lipinski definition) is 2. The summed E-state index contributed by atoms with van der Waals surface area (Å²) in [5.41, 5.74) is 0. The molecule has 1 heterocycles. The molecule has 7 heteroatoms. The highest BCUT2D eigenvalue weighted by Gasteiger charge is 2.15. The molecule has 0 fully saturated rings. The fourth-order valence-electron chi connectivity index (χ4n) is 0.851. The molecule has 1 aromatic rings. The van der Waals surface area contributed by atoms with E-state index >= 15 is 0 Å². The summed E-state index contributed by atoms with van der Waals surface area (Å²) < 4.78 is 26.6. The van der Waals surface area contributed by atoms with Crippen molar-refractivity contribution in [2.45, 2.75) is 17.9 Å². The molecule has 0 spiro atoms. The van der Waals surface area contributed by atoms with Crippen LogP contribution in [0.5, 0.6) is 0 Å². The minimum Gasteiger partial charge on any atom is -0.392 e. The van der Waals surface area contributed by atoms with Crippen LogP contribution in [-0.4, -0.2) is 36.0 Å². The van der Waals surface area contributed by atoms with Crippen LogP contribution < -0.4 is 4.72 Å². The Bertz CT molecular complexity index is 396. The summed E-state index contributed by atoms with van der Waals surface area (Å²) in [6.45, 7) is 1.50. The van der Waals surface area contributed by atoms with E-state index in [4.69, 9.17) is 5.11 Å². The Balaban J connectivity index is 2.76. The molecule has 1 unspecified atom stereocenters. The number of aromatic nitrogens is 2. The first-order chi connectivity index (χ1) is 6.42. The molecule has 80 valence electrons. The number of aliphatic hydroxyl groups is 1. The zero-order valence-corrected chi connectivity index (χ0v) is 8.82. The molecule has 6 nitrogen and oxygen atoms in total. The van der Waals surface area contributed by atoms with Gasteiger partial charge in [0.25, 0.3) is 0 Å². The quantitative estimate of drug-likeness (QED) is 0.686. The van der Waals surface area contributed by atoms with Crippen molar-refractivity contribution in [2.75, 3.05) is 6.54 Å².